The predicted octanol–water partition coefficient (Wildman–Crippen LogP) is 3.42. The highest BCUT2D eigenvalue weighted by atomic mass is 15.2. The molecule has 18 heavy (non-hydrogen) atoms. The Balaban J connectivity index is 1.97. The fourth-order valence-electron chi connectivity index (χ4n) is 3.77. The lowest BCUT2D eigenvalue weighted by atomic mass is 9.83. The summed E-state index contributed by atoms with van der Waals surface area (Å²) in [6.45, 7) is 10.9. The molecule has 0 aromatic carbocycles. The van der Waals surface area contributed by atoms with Crippen LogP contribution in [0.2, 0.25) is 0 Å². The monoisotopic (exact) mass is 252 g/mol. The van der Waals surface area contributed by atoms with Crippen LogP contribution in [0.15, 0.2) is 0 Å². The van der Waals surface area contributed by atoms with Gasteiger partial charge in [0, 0.05) is 18.1 Å². The fourth-order valence-corrected chi connectivity index (χ4v) is 3.77. The van der Waals surface area contributed by atoms with Crippen LogP contribution in [-0.4, -0.2) is 36.1 Å². The first kappa shape index (κ1) is 14.3. The van der Waals surface area contributed by atoms with Gasteiger partial charge in [-0.1, -0.05) is 33.1 Å². The zero-order valence-corrected chi connectivity index (χ0v) is 12.7. The van der Waals surface area contributed by atoms with Crippen LogP contribution in [0.5, 0.6) is 0 Å². The van der Waals surface area contributed by atoms with Gasteiger partial charge in [-0.25, -0.2) is 0 Å². The molecule has 2 fully saturated rings. The highest BCUT2D eigenvalue weighted by Gasteiger charge is 2.32. The van der Waals surface area contributed by atoms with Gasteiger partial charge in [-0.15, -0.1) is 0 Å². The average molecular weight is 252 g/mol. The van der Waals surface area contributed by atoms with Crippen LogP contribution in [0.25, 0.3) is 0 Å². The van der Waals surface area contributed by atoms with Gasteiger partial charge < -0.3 is 5.32 Å². The molecule has 3 atom stereocenters. The minimum absolute atomic E-state index is 0.343. The summed E-state index contributed by atoms with van der Waals surface area (Å²) in [5.41, 5.74) is 0.343. The maximum Gasteiger partial charge on any atom is 0.0277 e. The van der Waals surface area contributed by atoms with Crippen LogP contribution in [0, 0.1) is 5.92 Å². The first-order valence-electron chi connectivity index (χ1n) is 8.16. The van der Waals surface area contributed by atoms with Crippen molar-refractivity contribution in [3.05, 3.63) is 0 Å². The van der Waals surface area contributed by atoms with Crippen molar-refractivity contribution in [2.75, 3.05) is 19.6 Å². The molecule has 2 aliphatic rings. The number of rotatable bonds is 3. The molecule has 1 heterocycles. The van der Waals surface area contributed by atoms with E-state index in [1.54, 1.807) is 0 Å². The second-order valence-corrected chi connectivity index (χ2v) is 6.76. The van der Waals surface area contributed by atoms with E-state index in [0.717, 1.165) is 12.0 Å². The molecule has 0 amide bonds. The molecule has 0 bridgehead atoms. The van der Waals surface area contributed by atoms with E-state index < -0.39 is 0 Å². The van der Waals surface area contributed by atoms with E-state index in [1.807, 2.05) is 0 Å². The Morgan fingerprint density at radius 2 is 2.06 bits per heavy atom. The number of nitrogens with one attached hydrogen (secondary N) is 1. The molecule has 1 aliphatic heterocycles. The summed E-state index contributed by atoms with van der Waals surface area (Å²) in [6.07, 6.45) is 9.77. The van der Waals surface area contributed by atoms with E-state index >= 15 is 0 Å². The summed E-state index contributed by atoms with van der Waals surface area (Å²) in [4.78, 5) is 2.81. The van der Waals surface area contributed by atoms with Gasteiger partial charge in [-0.2, -0.15) is 0 Å². The minimum atomic E-state index is 0.343. The molecule has 0 spiro atoms. The Hall–Kier alpha value is -0.0800. The molecule has 2 nitrogen and oxygen atoms in total. The first-order chi connectivity index (χ1) is 8.67. The van der Waals surface area contributed by atoms with Crippen molar-refractivity contribution in [3.8, 4) is 0 Å². The molecule has 0 aromatic rings. The zero-order chi connectivity index (χ0) is 13.0. The SMILES string of the molecule is CCC1CCCC(N2CCCNC(C)(CC)C2)C1. The third-order valence-corrected chi connectivity index (χ3v) is 5.36. The van der Waals surface area contributed by atoms with Crippen molar-refractivity contribution < 1.29 is 0 Å². The Kier molecular flexibility index (Phi) is 5.08. The largest absolute Gasteiger partial charge is 0.310 e. The minimum Gasteiger partial charge on any atom is -0.310 e. The van der Waals surface area contributed by atoms with Crippen molar-refractivity contribution in [2.24, 2.45) is 5.92 Å². The summed E-state index contributed by atoms with van der Waals surface area (Å²) in [5.74, 6) is 0.993. The molecular weight excluding hydrogens is 220 g/mol. The van der Waals surface area contributed by atoms with Crippen molar-refractivity contribution in [3.63, 3.8) is 0 Å². The van der Waals surface area contributed by atoms with Gasteiger partial charge >= 0.3 is 0 Å². The standard InChI is InChI=1S/C16H32N2/c1-4-14-8-6-9-15(12-14)18-11-7-10-17-16(3,5-2)13-18/h14-15,17H,4-13H2,1-3H3. The molecule has 1 aliphatic carbocycles. The second-order valence-electron chi connectivity index (χ2n) is 6.76. The summed E-state index contributed by atoms with van der Waals surface area (Å²) >= 11 is 0. The maximum absolute atomic E-state index is 3.76. The number of hydrogen-bond donors (Lipinski definition) is 1. The Bertz CT molecular complexity index is 253. The third kappa shape index (κ3) is 3.48. The quantitative estimate of drug-likeness (QED) is 0.828. The molecule has 1 saturated heterocycles. The van der Waals surface area contributed by atoms with E-state index in [9.17, 15) is 0 Å². The Labute approximate surface area is 114 Å². The fraction of sp³-hybridized carbons (Fsp3) is 1.00. The van der Waals surface area contributed by atoms with Crippen LogP contribution in [0.3, 0.4) is 0 Å². The lowest BCUT2D eigenvalue weighted by Gasteiger charge is -2.40. The van der Waals surface area contributed by atoms with Crippen LogP contribution in [-0.2, 0) is 0 Å². The normalized spacial score (nSPS) is 39.5. The van der Waals surface area contributed by atoms with E-state index in [1.165, 1.54) is 64.6 Å². The van der Waals surface area contributed by atoms with Gasteiger partial charge in [0.25, 0.3) is 0 Å². The Morgan fingerprint density at radius 3 is 2.78 bits per heavy atom. The molecule has 0 radical (unpaired) electrons. The highest BCUT2D eigenvalue weighted by molar-refractivity contribution is 4.91. The molecule has 0 aromatic heterocycles. The molecule has 2 heteroatoms. The van der Waals surface area contributed by atoms with Crippen LogP contribution in [0.4, 0.5) is 0 Å². The third-order valence-electron chi connectivity index (χ3n) is 5.36. The predicted molar refractivity (Wildman–Crippen MR) is 78.9 cm³/mol. The van der Waals surface area contributed by atoms with E-state index in [0.29, 0.717) is 5.54 Å². The van der Waals surface area contributed by atoms with Crippen molar-refractivity contribution in [1.82, 2.24) is 10.2 Å². The van der Waals surface area contributed by atoms with Gasteiger partial charge in [0.05, 0.1) is 0 Å². The van der Waals surface area contributed by atoms with E-state index in [2.05, 4.69) is 31.0 Å². The maximum atomic E-state index is 3.76. The summed E-state index contributed by atoms with van der Waals surface area (Å²) in [5, 5.41) is 3.76. The van der Waals surface area contributed by atoms with Gasteiger partial charge in [0.15, 0.2) is 0 Å². The molecule has 1 N–H and O–H groups in total. The van der Waals surface area contributed by atoms with Crippen LogP contribution < -0.4 is 5.32 Å². The number of hydrogen-bond acceptors (Lipinski definition) is 2. The topological polar surface area (TPSA) is 15.3 Å². The van der Waals surface area contributed by atoms with E-state index in [4.69, 9.17) is 0 Å². The van der Waals surface area contributed by atoms with Gasteiger partial charge in [0.1, 0.15) is 0 Å². The highest BCUT2D eigenvalue weighted by Crippen LogP contribution is 2.31. The molecule has 3 unspecified atom stereocenters. The molecule has 106 valence electrons. The van der Waals surface area contributed by atoms with Crippen molar-refractivity contribution >= 4 is 0 Å². The Morgan fingerprint density at radius 1 is 1.22 bits per heavy atom. The first-order valence-corrected chi connectivity index (χ1v) is 8.16. The number of nitrogens with zero attached hydrogens (tertiary/aromatic N) is 1. The van der Waals surface area contributed by atoms with Gasteiger partial charge in [-0.05, 0) is 51.6 Å². The van der Waals surface area contributed by atoms with Gasteiger partial charge in [0.2, 0.25) is 0 Å². The average Bonchev–Trinajstić information content (AvgIpc) is 2.62. The molecular formula is C16H32N2. The lowest BCUT2D eigenvalue weighted by molar-refractivity contribution is 0.108. The summed E-state index contributed by atoms with van der Waals surface area (Å²) in [6, 6.07) is 0.870. The van der Waals surface area contributed by atoms with Crippen LogP contribution in [0.1, 0.15) is 65.7 Å². The summed E-state index contributed by atoms with van der Waals surface area (Å²) < 4.78 is 0. The van der Waals surface area contributed by atoms with Crippen molar-refractivity contribution in [1.29, 1.82) is 0 Å². The molecule has 2 rings (SSSR count). The van der Waals surface area contributed by atoms with E-state index in [-0.39, 0.29) is 0 Å². The smallest absolute Gasteiger partial charge is 0.0277 e. The van der Waals surface area contributed by atoms with Crippen molar-refractivity contribution in [2.45, 2.75) is 77.3 Å². The van der Waals surface area contributed by atoms with Crippen LogP contribution >= 0.6 is 0 Å². The zero-order valence-electron chi connectivity index (χ0n) is 12.7. The van der Waals surface area contributed by atoms with Gasteiger partial charge in [-0.3, -0.25) is 4.90 Å². The molecule has 1 saturated carbocycles. The second kappa shape index (κ2) is 6.38. The summed E-state index contributed by atoms with van der Waals surface area (Å²) in [7, 11) is 0. The lowest BCUT2D eigenvalue weighted by Crippen LogP contribution is -2.51.